The van der Waals surface area contributed by atoms with Crippen LogP contribution in [0.3, 0.4) is 0 Å². The highest BCUT2D eigenvalue weighted by molar-refractivity contribution is 7.99. The molecule has 0 aliphatic carbocycles. The molecule has 2 aromatic heterocycles. The molecule has 7 heteroatoms. The number of anilines is 1. The lowest BCUT2D eigenvalue weighted by molar-refractivity contribution is -0.113. The molecule has 1 amide bonds. The lowest BCUT2D eigenvalue weighted by atomic mass is 10.2. The van der Waals surface area contributed by atoms with Crippen LogP contribution in [0.4, 0.5) is 5.69 Å². The molecular weight excluding hydrogens is 336 g/mol. The van der Waals surface area contributed by atoms with Crippen LogP contribution in [0, 0.1) is 13.8 Å². The summed E-state index contributed by atoms with van der Waals surface area (Å²) in [4.78, 5) is 12.2. The number of hydrogen-bond acceptors (Lipinski definition) is 5. The maximum Gasteiger partial charge on any atom is 0.234 e. The SMILES string of the molecule is CCn1c(SCC(=O)Nc2ccccc2C)nnc1-c1ccoc1C. The molecule has 1 aromatic carbocycles. The normalized spacial score (nSPS) is 10.8. The fourth-order valence-corrected chi connectivity index (χ4v) is 3.33. The van der Waals surface area contributed by atoms with E-state index in [1.807, 2.05) is 55.7 Å². The van der Waals surface area contributed by atoms with Crippen molar-refractivity contribution in [2.45, 2.75) is 32.5 Å². The first-order valence-corrected chi connectivity index (χ1v) is 9.04. The van der Waals surface area contributed by atoms with Crippen molar-refractivity contribution in [2.24, 2.45) is 0 Å². The van der Waals surface area contributed by atoms with Crippen molar-refractivity contribution in [3.63, 3.8) is 0 Å². The van der Waals surface area contributed by atoms with E-state index in [1.54, 1.807) is 6.26 Å². The van der Waals surface area contributed by atoms with E-state index in [0.29, 0.717) is 6.54 Å². The molecule has 0 radical (unpaired) electrons. The van der Waals surface area contributed by atoms with E-state index < -0.39 is 0 Å². The van der Waals surface area contributed by atoms with E-state index in [4.69, 9.17) is 4.42 Å². The van der Waals surface area contributed by atoms with Crippen molar-refractivity contribution in [3.8, 4) is 11.4 Å². The zero-order chi connectivity index (χ0) is 17.8. The molecule has 0 saturated carbocycles. The number of nitrogens with zero attached hydrogens (tertiary/aromatic N) is 3. The Morgan fingerprint density at radius 3 is 2.72 bits per heavy atom. The third-order valence-electron chi connectivity index (χ3n) is 3.88. The van der Waals surface area contributed by atoms with Crippen LogP contribution in [0.2, 0.25) is 0 Å². The summed E-state index contributed by atoms with van der Waals surface area (Å²) in [7, 11) is 0. The Balaban J connectivity index is 1.69. The minimum atomic E-state index is -0.0639. The van der Waals surface area contributed by atoms with Gasteiger partial charge in [-0.2, -0.15) is 0 Å². The van der Waals surface area contributed by atoms with Crippen molar-refractivity contribution < 1.29 is 9.21 Å². The molecule has 0 bridgehead atoms. The van der Waals surface area contributed by atoms with E-state index in [-0.39, 0.29) is 11.7 Å². The molecular formula is C18H20N4O2S. The molecule has 25 heavy (non-hydrogen) atoms. The van der Waals surface area contributed by atoms with Gasteiger partial charge in [0.05, 0.1) is 17.6 Å². The largest absolute Gasteiger partial charge is 0.469 e. The summed E-state index contributed by atoms with van der Waals surface area (Å²) in [5.74, 6) is 1.77. The van der Waals surface area contributed by atoms with Gasteiger partial charge in [-0.25, -0.2) is 0 Å². The number of rotatable bonds is 6. The number of para-hydroxylation sites is 1. The average molecular weight is 356 g/mol. The highest BCUT2D eigenvalue weighted by Crippen LogP contribution is 2.27. The van der Waals surface area contributed by atoms with Gasteiger partial charge in [0.15, 0.2) is 11.0 Å². The second-order valence-corrected chi connectivity index (χ2v) is 6.54. The summed E-state index contributed by atoms with van der Waals surface area (Å²) in [6, 6.07) is 9.60. The molecule has 3 rings (SSSR count). The van der Waals surface area contributed by atoms with Crippen molar-refractivity contribution in [1.29, 1.82) is 0 Å². The maximum absolute atomic E-state index is 12.2. The van der Waals surface area contributed by atoms with E-state index in [2.05, 4.69) is 15.5 Å². The van der Waals surface area contributed by atoms with Crippen molar-refractivity contribution >= 4 is 23.4 Å². The first-order valence-electron chi connectivity index (χ1n) is 8.06. The molecule has 0 aliphatic rings. The topological polar surface area (TPSA) is 73.0 Å². The first-order chi connectivity index (χ1) is 12.1. The molecule has 0 unspecified atom stereocenters. The van der Waals surface area contributed by atoms with Gasteiger partial charge >= 0.3 is 0 Å². The van der Waals surface area contributed by atoms with E-state index in [1.165, 1.54) is 11.8 Å². The lowest BCUT2D eigenvalue weighted by Gasteiger charge is -2.09. The zero-order valence-corrected chi connectivity index (χ0v) is 15.3. The standard InChI is InChI=1S/C18H20N4O2S/c1-4-22-17(14-9-10-24-13(14)3)20-21-18(22)25-11-16(23)19-15-8-6-5-7-12(15)2/h5-10H,4,11H2,1-3H3,(H,19,23). The van der Waals surface area contributed by atoms with Crippen LogP contribution in [0.15, 0.2) is 46.2 Å². The number of carbonyl (C=O) groups is 1. The van der Waals surface area contributed by atoms with Crippen LogP contribution in [-0.2, 0) is 11.3 Å². The molecule has 1 N–H and O–H groups in total. The third-order valence-corrected chi connectivity index (χ3v) is 4.85. The van der Waals surface area contributed by atoms with Crippen LogP contribution < -0.4 is 5.32 Å². The van der Waals surface area contributed by atoms with Gasteiger partial charge in [-0.3, -0.25) is 4.79 Å². The Bertz CT molecular complexity index is 885. The minimum Gasteiger partial charge on any atom is -0.469 e. The first kappa shape index (κ1) is 17.3. The molecule has 0 fully saturated rings. The van der Waals surface area contributed by atoms with Crippen LogP contribution in [0.1, 0.15) is 18.2 Å². The summed E-state index contributed by atoms with van der Waals surface area (Å²) in [6.07, 6.45) is 1.64. The Labute approximate surface area is 150 Å². The highest BCUT2D eigenvalue weighted by Gasteiger charge is 2.17. The smallest absolute Gasteiger partial charge is 0.234 e. The second-order valence-electron chi connectivity index (χ2n) is 5.59. The molecule has 2 heterocycles. The fourth-order valence-electron chi connectivity index (χ4n) is 2.53. The summed E-state index contributed by atoms with van der Waals surface area (Å²) >= 11 is 1.38. The third kappa shape index (κ3) is 3.76. The monoisotopic (exact) mass is 356 g/mol. The number of nitrogens with one attached hydrogen (secondary N) is 1. The Morgan fingerprint density at radius 2 is 2.04 bits per heavy atom. The molecule has 0 atom stereocenters. The van der Waals surface area contributed by atoms with E-state index in [0.717, 1.165) is 33.6 Å². The number of thioether (sulfide) groups is 1. The highest BCUT2D eigenvalue weighted by atomic mass is 32.2. The molecule has 6 nitrogen and oxygen atoms in total. The van der Waals surface area contributed by atoms with E-state index >= 15 is 0 Å². The zero-order valence-electron chi connectivity index (χ0n) is 14.4. The number of aryl methyl sites for hydroxylation is 2. The Hall–Kier alpha value is -2.54. The van der Waals surface area contributed by atoms with Gasteiger partial charge in [-0.05, 0) is 38.5 Å². The Morgan fingerprint density at radius 1 is 1.24 bits per heavy atom. The predicted molar refractivity (Wildman–Crippen MR) is 98.7 cm³/mol. The summed E-state index contributed by atoms with van der Waals surface area (Å²) in [6.45, 7) is 6.61. The molecule has 0 spiro atoms. The number of amides is 1. The van der Waals surface area contributed by atoms with Crippen molar-refractivity contribution in [2.75, 3.05) is 11.1 Å². The molecule has 0 saturated heterocycles. The van der Waals surface area contributed by atoms with Gasteiger partial charge < -0.3 is 14.3 Å². The number of hydrogen-bond donors (Lipinski definition) is 1. The van der Waals surface area contributed by atoms with Crippen molar-refractivity contribution in [1.82, 2.24) is 14.8 Å². The van der Waals surface area contributed by atoms with Crippen molar-refractivity contribution in [3.05, 3.63) is 47.9 Å². The van der Waals surface area contributed by atoms with Gasteiger partial charge in [0, 0.05) is 12.2 Å². The molecule has 3 aromatic rings. The number of carbonyl (C=O) groups excluding carboxylic acids is 1. The molecule has 130 valence electrons. The van der Waals surface area contributed by atoms with Crippen LogP contribution in [0.25, 0.3) is 11.4 Å². The Kier molecular flexibility index (Phi) is 5.23. The lowest BCUT2D eigenvalue weighted by Crippen LogP contribution is -2.15. The number of aromatic nitrogens is 3. The summed E-state index contributed by atoms with van der Waals surface area (Å²) in [5.41, 5.74) is 2.79. The van der Waals surface area contributed by atoms with Gasteiger partial charge in [-0.15, -0.1) is 10.2 Å². The van der Waals surface area contributed by atoms with Gasteiger partial charge in [0.1, 0.15) is 5.76 Å². The van der Waals surface area contributed by atoms with Gasteiger partial charge in [0.25, 0.3) is 0 Å². The van der Waals surface area contributed by atoms with Gasteiger partial charge in [0.2, 0.25) is 5.91 Å². The van der Waals surface area contributed by atoms with Gasteiger partial charge in [-0.1, -0.05) is 30.0 Å². The van der Waals surface area contributed by atoms with E-state index in [9.17, 15) is 4.79 Å². The number of benzene rings is 1. The quantitative estimate of drug-likeness (QED) is 0.678. The second kappa shape index (κ2) is 7.57. The minimum absolute atomic E-state index is 0.0639. The fraction of sp³-hybridized carbons (Fsp3) is 0.278. The average Bonchev–Trinajstić information content (AvgIpc) is 3.20. The predicted octanol–water partition coefficient (Wildman–Crippen LogP) is 3.91. The summed E-state index contributed by atoms with van der Waals surface area (Å²) < 4.78 is 7.34. The van der Waals surface area contributed by atoms with Crippen LogP contribution >= 0.6 is 11.8 Å². The van der Waals surface area contributed by atoms with Crippen LogP contribution in [-0.4, -0.2) is 26.4 Å². The summed E-state index contributed by atoms with van der Waals surface area (Å²) in [5, 5.41) is 12.2. The molecule has 0 aliphatic heterocycles. The maximum atomic E-state index is 12.2. The number of furan rings is 1. The van der Waals surface area contributed by atoms with Crippen LogP contribution in [0.5, 0.6) is 0 Å².